The SMILES string of the molecule is Cc1ccc2cc(CN(CC3CCCO3)C(=O)Nc3ccccc3F)c(=O)[nH]c2c1C. The molecule has 1 unspecified atom stereocenters. The van der Waals surface area contributed by atoms with E-state index >= 15 is 0 Å². The molecule has 2 heterocycles. The Labute approximate surface area is 180 Å². The standard InChI is InChI=1S/C24H26FN3O3/c1-15-9-10-17-12-18(23(29)27-22(17)16(15)2)13-28(14-19-6-5-11-31-19)24(30)26-21-8-4-3-7-20(21)25/h3-4,7-10,12,19H,5-6,11,13-14H2,1-2H3,(H,26,30)(H,27,29). The molecule has 2 amide bonds. The number of carbonyl (C=O) groups excluding carboxylic acids is 1. The van der Waals surface area contributed by atoms with Crippen molar-refractivity contribution in [2.24, 2.45) is 0 Å². The first-order valence-electron chi connectivity index (χ1n) is 10.5. The van der Waals surface area contributed by atoms with Crippen molar-refractivity contribution in [1.82, 2.24) is 9.88 Å². The number of aromatic amines is 1. The molecule has 0 saturated carbocycles. The van der Waals surface area contributed by atoms with Gasteiger partial charge in [-0.15, -0.1) is 0 Å². The Balaban J connectivity index is 1.63. The first-order chi connectivity index (χ1) is 14.9. The normalized spacial score (nSPS) is 15.9. The van der Waals surface area contributed by atoms with E-state index in [1.54, 1.807) is 12.1 Å². The van der Waals surface area contributed by atoms with Crippen LogP contribution in [-0.4, -0.2) is 35.2 Å². The zero-order valence-electron chi connectivity index (χ0n) is 17.7. The number of hydrogen-bond donors (Lipinski definition) is 2. The molecule has 0 bridgehead atoms. The molecular weight excluding hydrogens is 397 g/mol. The summed E-state index contributed by atoms with van der Waals surface area (Å²) in [5.41, 5.74) is 3.25. The summed E-state index contributed by atoms with van der Waals surface area (Å²) in [6.07, 6.45) is 1.68. The van der Waals surface area contributed by atoms with Gasteiger partial charge >= 0.3 is 6.03 Å². The van der Waals surface area contributed by atoms with Crippen LogP contribution in [0.3, 0.4) is 0 Å². The number of aryl methyl sites for hydroxylation is 2. The van der Waals surface area contributed by atoms with Crippen molar-refractivity contribution in [2.75, 3.05) is 18.5 Å². The summed E-state index contributed by atoms with van der Waals surface area (Å²) in [7, 11) is 0. The third-order valence-electron chi connectivity index (χ3n) is 5.84. The summed E-state index contributed by atoms with van der Waals surface area (Å²) in [6.45, 7) is 5.04. The van der Waals surface area contributed by atoms with Crippen LogP contribution in [0, 0.1) is 19.7 Å². The summed E-state index contributed by atoms with van der Waals surface area (Å²) >= 11 is 0. The smallest absolute Gasteiger partial charge is 0.322 e. The minimum atomic E-state index is -0.512. The van der Waals surface area contributed by atoms with Crippen molar-refractivity contribution in [2.45, 2.75) is 39.3 Å². The van der Waals surface area contributed by atoms with E-state index in [0.717, 1.165) is 34.9 Å². The van der Waals surface area contributed by atoms with E-state index < -0.39 is 11.8 Å². The molecule has 3 aromatic rings. The molecule has 2 aromatic carbocycles. The summed E-state index contributed by atoms with van der Waals surface area (Å²) in [4.78, 5) is 30.3. The van der Waals surface area contributed by atoms with Crippen molar-refractivity contribution in [3.05, 3.63) is 75.3 Å². The van der Waals surface area contributed by atoms with E-state index in [9.17, 15) is 14.0 Å². The van der Waals surface area contributed by atoms with Gasteiger partial charge in [-0.3, -0.25) is 4.79 Å². The summed E-state index contributed by atoms with van der Waals surface area (Å²) in [6, 6.07) is 11.3. The molecule has 4 rings (SSSR count). The van der Waals surface area contributed by atoms with E-state index in [2.05, 4.69) is 10.3 Å². The van der Waals surface area contributed by atoms with Crippen LogP contribution in [0.5, 0.6) is 0 Å². The van der Waals surface area contributed by atoms with E-state index in [-0.39, 0.29) is 23.9 Å². The number of aromatic nitrogens is 1. The highest BCUT2D eigenvalue weighted by Crippen LogP contribution is 2.21. The summed E-state index contributed by atoms with van der Waals surface area (Å²) in [5, 5.41) is 3.53. The number of halogens is 1. The van der Waals surface area contributed by atoms with Crippen LogP contribution >= 0.6 is 0 Å². The number of para-hydroxylation sites is 1. The Hall–Kier alpha value is -3.19. The lowest BCUT2D eigenvalue weighted by Crippen LogP contribution is -2.41. The van der Waals surface area contributed by atoms with Crippen molar-refractivity contribution < 1.29 is 13.9 Å². The number of carbonyl (C=O) groups is 1. The maximum atomic E-state index is 14.0. The number of nitrogens with zero attached hydrogens (tertiary/aromatic N) is 1. The fourth-order valence-corrected chi connectivity index (χ4v) is 3.90. The van der Waals surface area contributed by atoms with Crippen LogP contribution in [0.2, 0.25) is 0 Å². The quantitative estimate of drug-likeness (QED) is 0.635. The average Bonchev–Trinajstić information content (AvgIpc) is 3.26. The molecular formula is C24H26FN3O3. The van der Waals surface area contributed by atoms with Gasteiger partial charge in [-0.1, -0.05) is 24.3 Å². The fraction of sp³-hybridized carbons (Fsp3) is 0.333. The van der Waals surface area contributed by atoms with E-state index in [4.69, 9.17) is 4.74 Å². The van der Waals surface area contributed by atoms with E-state index in [1.165, 1.54) is 17.0 Å². The number of amides is 2. The minimum absolute atomic E-state index is 0.0956. The Kier molecular flexibility index (Phi) is 6.04. The van der Waals surface area contributed by atoms with Gasteiger partial charge in [0.2, 0.25) is 0 Å². The molecule has 31 heavy (non-hydrogen) atoms. The largest absolute Gasteiger partial charge is 0.376 e. The highest BCUT2D eigenvalue weighted by molar-refractivity contribution is 5.89. The first-order valence-corrected chi connectivity index (χ1v) is 10.5. The second-order valence-corrected chi connectivity index (χ2v) is 8.02. The topological polar surface area (TPSA) is 74.4 Å². The zero-order valence-corrected chi connectivity index (χ0v) is 17.7. The van der Waals surface area contributed by atoms with Gasteiger partial charge < -0.3 is 19.9 Å². The lowest BCUT2D eigenvalue weighted by molar-refractivity contribution is 0.0818. The van der Waals surface area contributed by atoms with Crippen LogP contribution in [0.15, 0.2) is 47.3 Å². The molecule has 1 aromatic heterocycles. The molecule has 0 radical (unpaired) electrons. The number of fused-ring (bicyclic) bond motifs is 1. The van der Waals surface area contributed by atoms with Crippen molar-refractivity contribution in [3.8, 4) is 0 Å². The van der Waals surface area contributed by atoms with E-state index in [0.29, 0.717) is 18.7 Å². The lowest BCUT2D eigenvalue weighted by atomic mass is 10.0. The number of H-pyrrole nitrogens is 1. The van der Waals surface area contributed by atoms with Crippen LogP contribution in [0.25, 0.3) is 10.9 Å². The molecule has 0 aliphatic carbocycles. The maximum Gasteiger partial charge on any atom is 0.322 e. The van der Waals surface area contributed by atoms with Gasteiger partial charge in [-0.05, 0) is 61.4 Å². The molecule has 1 aliphatic heterocycles. The van der Waals surface area contributed by atoms with Crippen LogP contribution in [0.4, 0.5) is 14.9 Å². The van der Waals surface area contributed by atoms with Gasteiger partial charge in [0.15, 0.2) is 0 Å². The molecule has 1 saturated heterocycles. The summed E-state index contributed by atoms with van der Waals surface area (Å²) in [5.74, 6) is -0.512. The fourth-order valence-electron chi connectivity index (χ4n) is 3.90. The van der Waals surface area contributed by atoms with Gasteiger partial charge in [0.1, 0.15) is 5.82 Å². The molecule has 1 aliphatic rings. The number of benzene rings is 2. The zero-order chi connectivity index (χ0) is 22.0. The number of nitrogens with one attached hydrogen (secondary N) is 2. The highest BCUT2D eigenvalue weighted by Gasteiger charge is 2.24. The molecule has 1 fully saturated rings. The maximum absolute atomic E-state index is 14.0. The van der Waals surface area contributed by atoms with Crippen molar-refractivity contribution in [1.29, 1.82) is 0 Å². The molecule has 162 valence electrons. The molecule has 2 N–H and O–H groups in total. The number of ether oxygens (including phenoxy) is 1. The molecule has 6 nitrogen and oxygen atoms in total. The predicted molar refractivity (Wildman–Crippen MR) is 119 cm³/mol. The van der Waals surface area contributed by atoms with Crippen LogP contribution in [-0.2, 0) is 11.3 Å². The Morgan fingerprint density at radius 3 is 2.81 bits per heavy atom. The third-order valence-corrected chi connectivity index (χ3v) is 5.84. The monoisotopic (exact) mass is 423 g/mol. The number of hydrogen-bond acceptors (Lipinski definition) is 3. The Morgan fingerprint density at radius 1 is 1.26 bits per heavy atom. The predicted octanol–water partition coefficient (Wildman–Crippen LogP) is 4.50. The second kappa shape index (κ2) is 8.89. The van der Waals surface area contributed by atoms with E-state index in [1.807, 2.05) is 32.0 Å². The van der Waals surface area contributed by atoms with Crippen molar-refractivity contribution >= 4 is 22.6 Å². The number of urea groups is 1. The Morgan fingerprint density at radius 2 is 2.06 bits per heavy atom. The second-order valence-electron chi connectivity index (χ2n) is 8.02. The third kappa shape index (κ3) is 4.61. The lowest BCUT2D eigenvalue weighted by Gasteiger charge is -2.26. The highest BCUT2D eigenvalue weighted by atomic mass is 19.1. The van der Waals surface area contributed by atoms with Crippen molar-refractivity contribution in [3.63, 3.8) is 0 Å². The molecule has 0 spiro atoms. The van der Waals surface area contributed by atoms with Crippen LogP contribution in [0.1, 0.15) is 29.5 Å². The first kappa shape index (κ1) is 21.1. The van der Waals surface area contributed by atoms with Gasteiger partial charge in [0.25, 0.3) is 5.56 Å². The number of pyridine rings is 1. The van der Waals surface area contributed by atoms with Gasteiger partial charge in [0.05, 0.1) is 23.9 Å². The molecule has 1 atom stereocenters. The van der Waals surface area contributed by atoms with Crippen LogP contribution < -0.4 is 10.9 Å². The summed E-state index contributed by atoms with van der Waals surface area (Å²) < 4.78 is 19.7. The minimum Gasteiger partial charge on any atom is -0.376 e. The van der Waals surface area contributed by atoms with Gasteiger partial charge in [-0.2, -0.15) is 0 Å². The van der Waals surface area contributed by atoms with Gasteiger partial charge in [-0.25, -0.2) is 9.18 Å². The Bertz CT molecular complexity index is 1170. The average molecular weight is 423 g/mol. The van der Waals surface area contributed by atoms with Gasteiger partial charge in [0, 0.05) is 18.7 Å². The number of anilines is 1. The molecule has 7 heteroatoms. The number of rotatable bonds is 5.